The van der Waals surface area contributed by atoms with Gasteiger partial charge in [-0.05, 0) is 17.7 Å². The molecule has 1 N–H and O–H groups in total. The molecule has 3 heteroatoms. The molecule has 0 bridgehead atoms. The van der Waals surface area contributed by atoms with E-state index in [4.69, 9.17) is 5.11 Å². The van der Waals surface area contributed by atoms with Crippen molar-refractivity contribution in [3.8, 4) is 0 Å². The molecule has 0 atom stereocenters. The SMILES string of the molecule is OCc1ccc(S)c(S)c1. The van der Waals surface area contributed by atoms with E-state index in [9.17, 15) is 0 Å². The number of benzene rings is 1. The van der Waals surface area contributed by atoms with Crippen LogP contribution in [-0.2, 0) is 6.61 Å². The summed E-state index contributed by atoms with van der Waals surface area (Å²) in [6.45, 7) is 0.0572. The Labute approximate surface area is 70.9 Å². The minimum Gasteiger partial charge on any atom is -0.392 e. The summed E-state index contributed by atoms with van der Waals surface area (Å²) in [5.41, 5.74) is 0.864. The Bertz CT molecular complexity index is 235. The van der Waals surface area contributed by atoms with E-state index in [1.54, 1.807) is 6.07 Å². The van der Waals surface area contributed by atoms with Crippen LogP contribution in [0.3, 0.4) is 0 Å². The maximum absolute atomic E-state index is 8.69. The molecule has 10 heavy (non-hydrogen) atoms. The van der Waals surface area contributed by atoms with Crippen LogP contribution in [0.1, 0.15) is 5.56 Å². The molecule has 0 aliphatic heterocycles. The van der Waals surface area contributed by atoms with Crippen LogP contribution in [0.15, 0.2) is 28.0 Å². The highest BCUT2D eigenvalue weighted by Gasteiger charge is 1.94. The maximum atomic E-state index is 8.69. The van der Waals surface area contributed by atoms with Gasteiger partial charge in [-0.1, -0.05) is 6.07 Å². The minimum absolute atomic E-state index is 0.0572. The molecule has 0 unspecified atom stereocenters. The van der Waals surface area contributed by atoms with Crippen molar-refractivity contribution in [2.45, 2.75) is 16.4 Å². The monoisotopic (exact) mass is 172 g/mol. The third kappa shape index (κ3) is 1.68. The highest BCUT2D eigenvalue weighted by Crippen LogP contribution is 2.18. The smallest absolute Gasteiger partial charge is 0.0682 e. The standard InChI is InChI=1S/C7H8OS2/c8-4-5-1-2-6(9)7(10)3-5/h1-3,8-10H,4H2. The van der Waals surface area contributed by atoms with E-state index in [1.807, 2.05) is 12.1 Å². The average molecular weight is 172 g/mol. The van der Waals surface area contributed by atoms with E-state index in [1.165, 1.54) is 0 Å². The Morgan fingerprint density at radius 2 is 1.90 bits per heavy atom. The Morgan fingerprint density at radius 3 is 2.40 bits per heavy atom. The lowest BCUT2D eigenvalue weighted by molar-refractivity contribution is 0.281. The highest BCUT2D eigenvalue weighted by atomic mass is 32.1. The van der Waals surface area contributed by atoms with Gasteiger partial charge in [0.1, 0.15) is 0 Å². The second kappa shape index (κ2) is 3.32. The number of hydrogen-bond acceptors (Lipinski definition) is 3. The van der Waals surface area contributed by atoms with Gasteiger partial charge in [-0.15, -0.1) is 25.3 Å². The zero-order chi connectivity index (χ0) is 7.56. The van der Waals surface area contributed by atoms with Crippen LogP contribution in [0.2, 0.25) is 0 Å². The van der Waals surface area contributed by atoms with Crippen LogP contribution >= 0.6 is 25.3 Å². The van der Waals surface area contributed by atoms with E-state index in [2.05, 4.69) is 25.3 Å². The van der Waals surface area contributed by atoms with Crippen molar-refractivity contribution in [2.24, 2.45) is 0 Å². The van der Waals surface area contributed by atoms with Gasteiger partial charge < -0.3 is 5.11 Å². The molecule has 0 fully saturated rings. The fourth-order valence-electron chi connectivity index (χ4n) is 0.667. The first-order valence-corrected chi connectivity index (χ1v) is 3.75. The average Bonchev–Trinajstić information content (AvgIpc) is 1.95. The Morgan fingerprint density at radius 1 is 1.20 bits per heavy atom. The molecule has 1 aromatic rings. The second-order valence-corrected chi connectivity index (χ2v) is 2.94. The summed E-state index contributed by atoms with van der Waals surface area (Å²) < 4.78 is 0. The largest absolute Gasteiger partial charge is 0.392 e. The molecule has 54 valence electrons. The van der Waals surface area contributed by atoms with E-state index < -0.39 is 0 Å². The molecular weight excluding hydrogens is 164 g/mol. The van der Waals surface area contributed by atoms with E-state index in [-0.39, 0.29) is 6.61 Å². The predicted molar refractivity (Wildman–Crippen MR) is 46.9 cm³/mol. The van der Waals surface area contributed by atoms with Crippen LogP contribution < -0.4 is 0 Å². The first kappa shape index (κ1) is 7.98. The summed E-state index contributed by atoms with van der Waals surface area (Å²) >= 11 is 8.26. The summed E-state index contributed by atoms with van der Waals surface area (Å²) in [7, 11) is 0. The van der Waals surface area contributed by atoms with Gasteiger partial charge >= 0.3 is 0 Å². The molecule has 0 heterocycles. The summed E-state index contributed by atoms with van der Waals surface area (Å²) in [6.07, 6.45) is 0. The van der Waals surface area contributed by atoms with E-state index in [0.29, 0.717) is 0 Å². The Kier molecular flexibility index (Phi) is 2.65. The van der Waals surface area contributed by atoms with Gasteiger partial charge in [-0.25, -0.2) is 0 Å². The van der Waals surface area contributed by atoms with Crippen molar-refractivity contribution >= 4 is 25.3 Å². The molecule has 1 aromatic carbocycles. The molecule has 1 rings (SSSR count). The van der Waals surface area contributed by atoms with Crippen molar-refractivity contribution in [3.05, 3.63) is 23.8 Å². The quantitative estimate of drug-likeness (QED) is 0.551. The van der Waals surface area contributed by atoms with Gasteiger partial charge in [0, 0.05) is 9.79 Å². The number of aliphatic hydroxyl groups is 1. The lowest BCUT2D eigenvalue weighted by Crippen LogP contribution is -1.82. The molecule has 0 amide bonds. The van der Waals surface area contributed by atoms with Crippen LogP contribution in [0.4, 0.5) is 0 Å². The zero-order valence-electron chi connectivity index (χ0n) is 5.28. The third-order valence-corrected chi connectivity index (χ3v) is 2.16. The maximum Gasteiger partial charge on any atom is 0.0682 e. The van der Waals surface area contributed by atoms with Gasteiger partial charge in [0.05, 0.1) is 6.61 Å². The van der Waals surface area contributed by atoms with E-state index >= 15 is 0 Å². The van der Waals surface area contributed by atoms with Crippen molar-refractivity contribution < 1.29 is 5.11 Å². The fourth-order valence-corrected chi connectivity index (χ4v) is 1.05. The normalized spacial score (nSPS) is 9.90. The summed E-state index contributed by atoms with van der Waals surface area (Å²) in [6, 6.07) is 5.44. The second-order valence-electron chi connectivity index (χ2n) is 1.98. The van der Waals surface area contributed by atoms with Gasteiger partial charge in [-0.3, -0.25) is 0 Å². The summed E-state index contributed by atoms with van der Waals surface area (Å²) in [5, 5.41) is 8.69. The molecule has 0 radical (unpaired) electrons. The minimum atomic E-state index is 0.0572. The zero-order valence-corrected chi connectivity index (χ0v) is 7.07. The first-order valence-electron chi connectivity index (χ1n) is 2.86. The van der Waals surface area contributed by atoms with Crippen LogP contribution in [-0.4, -0.2) is 5.11 Å². The lowest BCUT2D eigenvalue weighted by atomic mass is 10.2. The summed E-state index contributed by atoms with van der Waals surface area (Å²) in [4.78, 5) is 1.63. The van der Waals surface area contributed by atoms with Gasteiger partial charge in [0.15, 0.2) is 0 Å². The Balaban J connectivity index is 3.04. The fraction of sp³-hybridized carbons (Fsp3) is 0.143. The van der Waals surface area contributed by atoms with Gasteiger partial charge in [0.25, 0.3) is 0 Å². The number of hydrogen-bond donors (Lipinski definition) is 3. The number of aliphatic hydroxyl groups excluding tert-OH is 1. The molecule has 0 spiro atoms. The predicted octanol–water partition coefficient (Wildman–Crippen LogP) is 1.76. The van der Waals surface area contributed by atoms with Crippen molar-refractivity contribution in [3.63, 3.8) is 0 Å². The van der Waals surface area contributed by atoms with Crippen molar-refractivity contribution in [1.82, 2.24) is 0 Å². The topological polar surface area (TPSA) is 20.2 Å². The van der Waals surface area contributed by atoms with Gasteiger partial charge in [-0.2, -0.15) is 0 Å². The lowest BCUT2D eigenvalue weighted by Gasteiger charge is -1.99. The van der Waals surface area contributed by atoms with Crippen LogP contribution in [0.25, 0.3) is 0 Å². The van der Waals surface area contributed by atoms with Gasteiger partial charge in [0.2, 0.25) is 0 Å². The van der Waals surface area contributed by atoms with Crippen molar-refractivity contribution in [1.29, 1.82) is 0 Å². The number of thiol groups is 2. The molecular formula is C7H8OS2. The van der Waals surface area contributed by atoms with Crippen molar-refractivity contribution in [2.75, 3.05) is 0 Å². The molecule has 0 aliphatic carbocycles. The van der Waals surface area contributed by atoms with E-state index in [0.717, 1.165) is 15.4 Å². The third-order valence-electron chi connectivity index (χ3n) is 1.22. The number of rotatable bonds is 1. The van der Waals surface area contributed by atoms with Crippen LogP contribution in [0, 0.1) is 0 Å². The first-order chi connectivity index (χ1) is 4.74. The molecule has 0 aliphatic rings. The molecule has 0 saturated heterocycles. The Hall–Kier alpha value is -0.120. The molecule has 1 nitrogen and oxygen atoms in total. The highest BCUT2D eigenvalue weighted by molar-refractivity contribution is 7.83. The van der Waals surface area contributed by atoms with Crippen LogP contribution in [0.5, 0.6) is 0 Å². The molecule has 0 saturated carbocycles. The summed E-state index contributed by atoms with van der Waals surface area (Å²) in [5.74, 6) is 0. The molecule has 0 aromatic heterocycles.